The summed E-state index contributed by atoms with van der Waals surface area (Å²) in [7, 11) is 0. The van der Waals surface area contributed by atoms with Crippen LogP contribution in [0.5, 0.6) is 0 Å². The van der Waals surface area contributed by atoms with E-state index in [4.69, 9.17) is 0 Å². The molecule has 4 aliphatic rings. The van der Waals surface area contributed by atoms with E-state index in [0.29, 0.717) is 0 Å². The smallest absolute Gasteiger partial charge is 0.252 e. The normalized spacial score (nSPS) is 17.6. The maximum Gasteiger partial charge on any atom is 0.252 e. The van der Waals surface area contributed by atoms with Crippen LogP contribution < -0.4 is 26.2 Å². The van der Waals surface area contributed by atoms with Crippen LogP contribution >= 0.6 is 11.3 Å². The molecule has 8 aromatic carbocycles. The van der Waals surface area contributed by atoms with E-state index in [1.165, 1.54) is 132 Å². The van der Waals surface area contributed by atoms with Crippen molar-refractivity contribution >= 4 is 88.7 Å². The van der Waals surface area contributed by atoms with Gasteiger partial charge in [0.25, 0.3) is 6.71 Å². The Balaban J connectivity index is 1.16. The zero-order chi connectivity index (χ0) is 50.9. The maximum absolute atomic E-state index is 2.71. The molecule has 9 aromatic rings. The van der Waals surface area contributed by atoms with E-state index >= 15 is 0 Å². The van der Waals surface area contributed by atoms with Gasteiger partial charge in [-0.05, 0) is 187 Å². The van der Waals surface area contributed by atoms with Crippen LogP contribution in [0.15, 0.2) is 146 Å². The Morgan fingerprint density at radius 1 is 0.466 bits per heavy atom. The number of thiophene rings is 1. The average molecular weight is 969 g/mol. The zero-order valence-corrected chi connectivity index (χ0v) is 46.2. The molecule has 0 N–H and O–H groups in total. The molecule has 3 heterocycles. The number of hydrogen-bond donors (Lipinski definition) is 0. The number of hydrogen-bond acceptors (Lipinski definition) is 3. The lowest BCUT2D eigenvalue weighted by Gasteiger charge is -2.48. The topological polar surface area (TPSA) is 6.48 Å². The highest BCUT2D eigenvalue weighted by atomic mass is 32.1. The molecule has 0 atom stereocenters. The number of benzene rings is 8. The molecule has 0 bridgehead atoms. The van der Waals surface area contributed by atoms with Crippen molar-refractivity contribution in [1.29, 1.82) is 0 Å². The van der Waals surface area contributed by atoms with Gasteiger partial charge in [-0.15, -0.1) is 11.3 Å². The lowest BCUT2D eigenvalue weighted by atomic mass is 9.33. The second-order valence-electron chi connectivity index (χ2n) is 26.1. The third-order valence-corrected chi connectivity index (χ3v) is 19.1. The molecule has 0 unspecified atom stereocenters. The lowest BCUT2D eigenvalue weighted by molar-refractivity contribution is 0.332. The van der Waals surface area contributed by atoms with Crippen LogP contribution in [0.1, 0.15) is 134 Å². The van der Waals surface area contributed by atoms with Crippen LogP contribution in [0, 0.1) is 13.8 Å². The van der Waals surface area contributed by atoms with Crippen LogP contribution in [0.2, 0.25) is 0 Å². The van der Waals surface area contributed by atoms with Crippen molar-refractivity contribution in [3.63, 3.8) is 0 Å². The SMILES string of the molecule is Cc1cc2c3c(c1)N(c1ccc(C(C)(C)C)cc1-c1ccccc1)c1cc4c(cc1B3c1ccc(-c3cccc5sc6ccccc6c35)cc1N2c1cc2c(cc1C)C(C)(C)CC2(C)C)C(C)(C)CCC4(C)C. The summed E-state index contributed by atoms with van der Waals surface area (Å²) < 4.78 is 2.67. The second kappa shape index (κ2) is 15.6. The van der Waals surface area contributed by atoms with Gasteiger partial charge in [-0.1, -0.05) is 167 Å². The van der Waals surface area contributed by atoms with E-state index in [9.17, 15) is 0 Å². The first kappa shape index (κ1) is 46.4. The van der Waals surface area contributed by atoms with Crippen molar-refractivity contribution in [2.24, 2.45) is 0 Å². The Kier molecular flexibility index (Phi) is 9.92. The fourth-order valence-corrected chi connectivity index (χ4v) is 15.4. The van der Waals surface area contributed by atoms with Crippen LogP contribution in [-0.4, -0.2) is 6.71 Å². The van der Waals surface area contributed by atoms with Gasteiger partial charge in [-0.3, -0.25) is 0 Å². The Bertz CT molecular complexity index is 3800. The van der Waals surface area contributed by atoms with Crippen molar-refractivity contribution in [3.05, 3.63) is 185 Å². The van der Waals surface area contributed by atoms with Crippen molar-refractivity contribution < 1.29 is 0 Å². The van der Waals surface area contributed by atoms with Gasteiger partial charge in [0.15, 0.2) is 0 Å². The molecule has 364 valence electrons. The lowest BCUT2D eigenvalue weighted by Crippen LogP contribution is -2.62. The number of aryl methyl sites for hydroxylation is 2. The van der Waals surface area contributed by atoms with E-state index in [1.807, 2.05) is 11.3 Å². The number of nitrogens with zero attached hydrogens (tertiary/aromatic N) is 2. The number of fused-ring (bicyclic) bond motifs is 9. The zero-order valence-electron chi connectivity index (χ0n) is 45.4. The second-order valence-corrected chi connectivity index (χ2v) is 27.2. The first-order valence-electron chi connectivity index (χ1n) is 27.0. The standard InChI is InChI=1S/C69H69BN2S/c1-41-32-59-64-60(33-41)72(56-38-52-49(34-42(56)2)68(10,11)40-69(52,12)13)57-35-44(46-23-19-25-62-63(46)47-22-17-18-24-61(47)73-62)26-28-53(57)70(64)54-37-50-51(67(8,9)31-30-66(50,6)7)39-58(54)71(59)55-29-27-45(65(3,4)5)36-48(55)43-20-15-14-16-21-43/h14-29,32-39H,30-31,40H2,1-13H3. The molecule has 0 amide bonds. The first-order chi connectivity index (χ1) is 34.6. The fraction of sp³-hybridized carbons (Fsp3) is 0.304. The van der Waals surface area contributed by atoms with Gasteiger partial charge in [0, 0.05) is 54.2 Å². The van der Waals surface area contributed by atoms with Gasteiger partial charge in [0.1, 0.15) is 0 Å². The Morgan fingerprint density at radius 3 is 1.78 bits per heavy atom. The summed E-state index contributed by atoms with van der Waals surface area (Å²) in [6, 6.07) is 57.5. The molecule has 13 rings (SSSR count). The van der Waals surface area contributed by atoms with E-state index in [-0.39, 0.29) is 33.8 Å². The first-order valence-corrected chi connectivity index (χ1v) is 27.8. The molecule has 0 saturated heterocycles. The summed E-state index contributed by atoms with van der Waals surface area (Å²) in [4.78, 5) is 5.41. The maximum atomic E-state index is 2.71. The van der Waals surface area contributed by atoms with Crippen molar-refractivity contribution in [1.82, 2.24) is 0 Å². The summed E-state index contributed by atoms with van der Waals surface area (Å²) in [5, 5.41) is 2.68. The van der Waals surface area contributed by atoms with E-state index < -0.39 is 0 Å². The summed E-state index contributed by atoms with van der Waals surface area (Å²) in [6.45, 7) is 31.5. The van der Waals surface area contributed by atoms with E-state index in [2.05, 4.69) is 245 Å². The van der Waals surface area contributed by atoms with Gasteiger partial charge in [-0.25, -0.2) is 0 Å². The van der Waals surface area contributed by atoms with Crippen molar-refractivity contribution in [2.45, 2.75) is 136 Å². The average Bonchev–Trinajstić information content (AvgIpc) is 3.81. The molecule has 4 heteroatoms. The van der Waals surface area contributed by atoms with E-state index in [0.717, 1.165) is 19.3 Å². The summed E-state index contributed by atoms with van der Waals surface area (Å²) >= 11 is 1.90. The fourth-order valence-electron chi connectivity index (χ4n) is 14.3. The Labute approximate surface area is 439 Å². The minimum Gasteiger partial charge on any atom is -0.311 e. The summed E-state index contributed by atoms with van der Waals surface area (Å²) in [5.41, 5.74) is 26.9. The molecular weight excluding hydrogens is 900 g/mol. The number of anilines is 6. The van der Waals surface area contributed by atoms with Crippen LogP contribution in [0.4, 0.5) is 34.1 Å². The molecule has 2 nitrogen and oxygen atoms in total. The number of rotatable bonds is 4. The van der Waals surface area contributed by atoms with Crippen molar-refractivity contribution in [2.75, 3.05) is 9.80 Å². The van der Waals surface area contributed by atoms with Gasteiger partial charge >= 0.3 is 0 Å². The van der Waals surface area contributed by atoms with Gasteiger partial charge in [0.2, 0.25) is 0 Å². The Morgan fingerprint density at radius 2 is 1.07 bits per heavy atom. The van der Waals surface area contributed by atoms with Crippen LogP contribution in [0.3, 0.4) is 0 Å². The molecular formula is C69H69BN2S. The van der Waals surface area contributed by atoms with Crippen LogP contribution in [-0.2, 0) is 27.1 Å². The highest BCUT2D eigenvalue weighted by Gasteiger charge is 2.48. The third kappa shape index (κ3) is 6.95. The molecule has 2 aliphatic heterocycles. The monoisotopic (exact) mass is 969 g/mol. The molecule has 0 spiro atoms. The minimum absolute atomic E-state index is 0.000176. The molecule has 2 aliphatic carbocycles. The molecule has 1 aromatic heterocycles. The van der Waals surface area contributed by atoms with Gasteiger partial charge in [-0.2, -0.15) is 0 Å². The quantitative estimate of drug-likeness (QED) is 0.162. The van der Waals surface area contributed by atoms with Gasteiger partial charge < -0.3 is 9.80 Å². The van der Waals surface area contributed by atoms with Crippen molar-refractivity contribution in [3.8, 4) is 22.3 Å². The molecule has 0 saturated carbocycles. The predicted octanol–water partition coefficient (Wildman–Crippen LogP) is 17.7. The largest absolute Gasteiger partial charge is 0.311 e. The molecule has 0 radical (unpaired) electrons. The minimum atomic E-state index is -0.0211. The highest BCUT2D eigenvalue weighted by Crippen LogP contribution is 2.55. The molecule has 73 heavy (non-hydrogen) atoms. The van der Waals surface area contributed by atoms with E-state index in [1.54, 1.807) is 0 Å². The Hall–Kier alpha value is -6.36. The third-order valence-electron chi connectivity index (χ3n) is 18.0. The summed E-state index contributed by atoms with van der Waals surface area (Å²) in [5.74, 6) is 0. The predicted molar refractivity (Wildman–Crippen MR) is 318 cm³/mol. The highest BCUT2D eigenvalue weighted by molar-refractivity contribution is 7.26. The molecule has 0 fully saturated rings. The summed E-state index contributed by atoms with van der Waals surface area (Å²) in [6.07, 6.45) is 3.45. The van der Waals surface area contributed by atoms with Crippen LogP contribution in [0.25, 0.3) is 42.4 Å². The van der Waals surface area contributed by atoms with Gasteiger partial charge in [0.05, 0.1) is 5.69 Å².